The summed E-state index contributed by atoms with van der Waals surface area (Å²) >= 11 is 0. The van der Waals surface area contributed by atoms with Crippen LogP contribution in [0, 0.1) is 6.42 Å². The fourth-order valence-corrected chi connectivity index (χ4v) is 0.831. The lowest BCUT2D eigenvalue weighted by atomic mass is 10.1. The molecule has 0 saturated heterocycles. The first-order chi connectivity index (χ1) is 5.29. The summed E-state index contributed by atoms with van der Waals surface area (Å²) in [6.45, 7) is 0. The summed E-state index contributed by atoms with van der Waals surface area (Å²) in [7, 11) is 0. The molecule has 0 aliphatic carbocycles. The van der Waals surface area contributed by atoms with Crippen LogP contribution in [0.2, 0.25) is 0 Å². The van der Waals surface area contributed by atoms with Gasteiger partial charge in [0.2, 0.25) is 0 Å². The molecule has 1 radical (unpaired) electrons. The third-order valence-electron chi connectivity index (χ3n) is 1.36. The van der Waals surface area contributed by atoms with Crippen molar-refractivity contribution in [3.8, 4) is 0 Å². The third kappa shape index (κ3) is 3.16. The van der Waals surface area contributed by atoms with Crippen LogP contribution in [0.15, 0.2) is 30.3 Å². The topological polar surface area (TPSA) is 40.5 Å². The molecule has 1 aromatic carbocycles. The minimum absolute atomic E-state index is 0.282. The Morgan fingerprint density at radius 1 is 1.18 bits per heavy atom. The van der Waals surface area contributed by atoms with Gasteiger partial charge in [-0.15, -0.1) is 0 Å². The molecule has 0 heterocycles. The van der Waals surface area contributed by atoms with E-state index in [9.17, 15) is 0 Å². The van der Waals surface area contributed by atoms with E-state index in [0.29, 0.717) is 0 Å². The van der Waals surface area contributed by atoms with E-state index in [-0.39, 0.29) is 6.42 Å². The lowest BCUT2D eigenvalue weighted by molar-refractivity contribution is -0.0383. The van der Waals surface area contributed by atoms with Crippen LogP contribution in [-0.2, 0) is 0 Å². The third-order valence-corrected chi connectivity index (χ3v) is 1.36. The molecule has 59 valence electrons. The van der Waals surface area contributed by atoms with Gasteiger partial charge in [0.15, 0.2) is 6.29 Å². The van der Waals surface area contributed by atoms with Gasteiger partial charge in [-0.3, -0.25) is 0 Å². The fraction of sp³-hybridized carbons (Fsp3) is 0.222. The number of benzene rings is 1. The Hall–Kier alpha value is -0.860. The quantitative estimate of drug-likeness (QED) is 0.631. The molecule has 0 fully saturated rings. The standard InChI is InChI=1S/C9H11O2/c10-9(11)7-6-8-4-2-1-3-5-8/h1-6,9-11H,7H2. The Labute approximate surface area is 66.1 Å². The lowest BCUT2D eigenvalue weighted by Gasteiger charge is -2.01. The largest absolute Gasteiger partial charge is 0.368 e. The molecular weight excluding hydrogens is 140 g/mol. The van der Waals surface area contributed by atoms with Crippen molar-refractivity contribution >= 4 is 0 Å². The van der Waals surface area contributed by atoms with E-state index < -0.39 is 6.29 Å². The highest BCUT2D eigenvalue weighted by Gasteiger charge is 1.97. The van der Waals surface area contributed by atoms with Gasteiger partial charge in [0, 0.05) is 6.42 Å². The molecule has 0 spiro atoms. The van der Waals surface area contributed by atoms with Gasteiger partial charge in [0.1, 0.15) is 0 Å². The van der Waals surface area contributed by atoms with Crippen LogP contribution in [0.3, 0.4) is 0 Å². The molecule has 0 saturated carbocycles. The maximum Gasteiger partial charge on any atom is 0.152 e. The van der Waals surface area contributed by atoms with Gasteiger partial charge >= 0.3 is 0 Å². The molecule has 0 aliphatic heterocycles. The number of hydrogen-bond acceptors (Lipinski definition) is 2. The van der Waals surface area contributed by atoms with Crippen molar-refractivity contribution in [2.75, 3.05) is 0 Å². The van der Waals surface area contributed by atoms with Crippen LogP contribution >= 0.6 is 0 Å². The van der Waals surface area contributed by atoms with E-state index in [4.69, 9.17) is 10.2 Å². The number of aliphatic hydroxyl groups is 2. The summed E-state index contributed by atoms with van der Waals surface area (Å²) in [4.78, 5) is 0. The smallest absolute Gasteiger partial charge is 0.152 e. The molecule has 2 nitrogen and oxygen atoms in total. The zero-order valence-electron chi connectivity index (χ0n) is 6.14. The van der Waals surface area contributed by atoms with Crippen molar-refractivity contribution in [1.82, 2.24) is 0 Å². The molecule has 0 aliphatic rings. The molecule has 1 aromatic rings. The SMILES string of the molecule is OC(O)C[CH]c1ccccc1. The molecule has 2 N–H and O–H groups in total. The molecule has 11 heavy (non-hydrogen) atoms. The second-order valence-electron chi connectivity index (χ2n) is 2.33. The van der Waals surface area contributed by atoms with Gasteiger partial charge < -0.3 is 10.2 Å². The molecule has 0 atom stereocenters. The molecule has 0 aromatic heterocycles. The summed E-state index contributed by atoms with van der Waals surface area (Å²) in [6, 6.07) is 9.59. The predicted octanol–water partition coefficient (Wildman–Crippen LogP) is 0.940. The Morgan fingerprint density at radius 2 is 1.82 bits per heavy atom. The lowest BCUT2D eigenvalue weighted by Crippen LogP contribution is -2.03. The first-order valence-electron chi connectivity index (χ1n) is 3.53. The van der Waals surface area contributed by atoms with Crippen molar-refractivity contribution < 1.29 is 10.2 Å². The highest BCUT2D eigenvalue weighted by atomic mass is 16.5. The van der Waals surface area contributed by atoms with Crippen LogP contribution in [0.4, 0.5) is 0 Å². The summed E-state index contributed by atoms with van der Waals surface area (Å²) < 4.78 is 0. The molecule has 1 rings (SSSR count). The van der Waals surface area contributed by atoms with Crippen molar-refractivity contribution in [3.63, 3.8) is 0 Å². The van der Waals surface area contributed by atoms with E-state index in [1.54, 1.807) is 6.42 Å². The predicted molar refractivity (Wildman–Crippen MR) is 42.7 cm³/mol. The van der Waals surface area contributed by atoms with Crippen LogP contribution in [-0.4, -0.2) is 16.5 Å². The minimum Gasteiger partial charge on any atom is -0.368 e. The zero-order valence-corrected chi connectivity index (χ0v) is 6.14. The molecule has 2 heteroatoms. The average molecular weight is 151 g/mol. The Balaban J connectivity index is 2.39. The number of hydrogen-bond donors (Lipinski definition) is 2. The van der Waals surface area contributed by atoms with Crippen molar-refractivity contribution in [2.24, 2.45) is 0 Å². The maximum atomic E-state index is 8.54. The van der Waals surface area contributed by atoms with Gasteiger partial charge in [-0.25, -0.2) is 0 Å². The van der Waals surface area contributed by atoms with E-state index in [2.05, 4.69) is 0 Å². The highest BCUT2D eigenvalue weighted by molar-refractivity contribution is 5.22. The first-order valence-corrected chi connectivity index (χ1v) is 3.53. The van der Waals surface area contributed by atoms with E-state index in [1.165, 1.54) is 0 Å². The average Bonchev–Trinajstić information content (AvgIpc) is 2.03. The van der Waals surface area contributed by atoms with E-state index in [0.717, 1.165) is 5.56 Å². The number of aliphatic hydroxyl groups excluding tert-OH is 1. The van der Waals surface area contributed by atoms with Gasteiger partial charge in [-0.2, -0.15) is 0 Å². The summed E-state index contributed by atoms with van der Waals surface area (Å²) in [6.07, 6.45) is 0.824. The van der Waals surface area contributed by atoms with E-state index >= 15 is 0 Å². The van der Waals surface area contributed by atoms with E-state index in [1.807, 2.05) is 30.3 Å². The summed E-state index contributed by atoms with van der Waals surface area (Å²) in [5.74, 6) is 0. The molecule has 0 amide bonds. The van der Waals surface area contributed by atoms with Crippen molar-refractivity contribution in [2.45, 2.75) is 12.7 Å². The van der Waals surface area contributed by atoms with Crippen LogP contribution < -0.4 is 0 Å². The first kappa shape index (κ1) is 8.24. The van der Waals surface area contributed by atoms with Gasteiger partial charge in [0.05, 0.1) is 0 Å². The summed E-state index contributed by atoms with van der Waals surface area (Å²) in [5.41, 5.74) is 1.01. The summed E-state index contributed by atoms with van der Waals surface area (Å²) in [5, 5.41) is 17.1. The van der Waals surface area contributed by atoms with Gasteiger partial charge in [-0.05, 0) is 12.0 Å². The normalized spacial score (nSPS) is 10.5. The Morgan fingerprint density at radius 3 is 2.36 bits per heavy atom. The zero-order chi connectivity index (χ0) is 8.10. The molecular formula is C9H11O2. The Bertz CT molecular complexity index is 194. The fourth-order valence-electron chi connectivity index (χ4n) is 0.831. The number of rotatable bonds is 3. The van der Waals surface area contributed by atoms with Crippen LogP contribution in [0.1, 0.15) is 12.0 Å². The molecule has 0 unspecified atom stereocenters. The monoisotopic (exact) mass is 151 g/mol. The van der Waals surface area contributed by atoms with Gasteiger partial charge in [0.25, 0.3) is 0 Å². The van der Waals surface area contributed by atoms with Crippen LogP contribution in [0.25, 0.3) is 0 Å². The second-order valence-corrected chi connectivity index (χ2v) is 2.33. The van der Waals surface area contributed by atoms with Crippen molar-refractivity contribution in [1.29, 1.82) is 0 Å². The molecule has 0 bridgehead atoms. The van der Waals surface area contributed by atoms with Gasteiger partial charge in [-0.1, -0.05) is 30.3 Å². The highest BCUT2D eigenvalue weighted by Crippen LogP contribution is 2.05. The van der Waals surface area contributed by atoms with Crippen LogP contribution in [0.5, 0.6) is 0 Å². The maximum absolute atomic E-state index is 8.54. The minimum atomic E-state index is -1.24. The Kier molecular flexibility index (Phi) is 3.08. The van der Waals surface area contributed by atoms with Crippen molar-refractivity contribution in [3.05, 3.63) is 42.3 Å². The second kappa shape index (κ2) is 4.11.